The van der Waals surface area contributed by atoms with Gasteiger partial charge in [0.2, 0.25) is 0 Å². The first-order chi connectivity index (χ1) is 6.34. The van der Waals surface area contributed by atoms with Gasteiger partial charge in [-0.25, -0.2) is 0 Å². The average Bonchev–Trinajstić information content (AvgIpc) is 2.49. The third kappa shape index (κ3) is 2.47. The second kappa shape index (κ2) is 4.14. The van der Waals surface area contributed by atoms with Crippen molar-refractivity contribution in [2.45, 2.75) is 38.6 Å². The fourth-order valence-corrected chi connectivity index (χ4v) is 2.52. The van der Waals surface area contributed by atoms with Crippen LogP contribution in [0.3, 0.4) is 0 Å². The molecule has 1 N–H and O–H groups in total. The molecule has 0 amide bonds. The zero-order valence-corrected chi connectivity index (χ0v) is 8.94. The van der Waals surface area contributed by atoms with Crippen LogP contribution in [0.15, 0.2) is 16.8 Å². The predicted molar refractivity (Wildman–Crippen MR) is 59.4 cm³/mol. The van der Waals surface area contributed by atoms with E-state index in [1.54, 1.807) is 11.3 Å². The molecule has 1 aromatic heterocycles. The molecular formula is C11H17NS. The lowest BCUT2D eigenvalue weighted by Gasteiger charge is -2.28. The highest BCUT2D eigenvalue weighted by molar-refractivity contribution is 7.08. The summed E-state index contributed by atoms with van der Waals surface area (Å²) in [5, 5.41) is 7.83. The Balaban J connectivity index is 1.74. The molecule has 0 bridgehead atoms. The van der Waals surface area contributed by atoms with E-state index in [9.17, 15) is 0 Å². The molecule has 0 aliphatic heterocycles. The molecule has 13 heavy (non-hydrogen) atoms. The van der Waals surface area contributed by atoms with Crippen LogP contribution in [0.2, 0.25) is 0 Å². The topological polar surface area (TPSA) is 12.0 Å². The van der Waals surface area contributed by atoms with Gasteiger partial charge in [-0.2, -0.15) is 11.3 Å². The number of hydrogen-bond donors (Lipinski definition) is 1. The first kappa shape index (κ1) is 9.07. The lowest BCUT2D eigenvalue weighted by atomic mass is 9.81. The highest BCUT2D eigenvalue weighted by Crippen LogP contribution is 2.31. The molecule has 2 rings (SSSR count). The van der Waals surface area contributed by atoms with Crippen LogP contribution in [0, 0.1) is 5.92 Å². The van der Waals surface area contributed by atoms with Crippen molar-refractivity contribution < 1.29 is 0 Å². The van der Waals surface area contributed by atoms with E-state index in [-0.39, 0.29) is 0 Å². The van der Waals surface area contributed by atoms with E-state index in [1.165, 1.54) is 31.4 Å². The molecule has 0 radical (unpaired) electrons. The summed E-state index contributed by atoms with van der Waals surface area (Å²) in [6, 6.07) is 2.79. The molecule has 1 fully saturated rings. The molecule has 0 aromatic carbocycles. The number of anilines is 1. The summed E-state index contributed by atoms with van der Waals surface area (Å²) >= 11 is 1.76. The summed E-state index contributed by atoms with van der Waals surface area (Å²) in [5.74, 6) is 1.00. The Kier molecular flexibility index (Phi) is 2.89. The number of rotatable bonds is 4. The first-order valence-corrected chi connectivity index (χ1v) is 6.07. The number of thiophene rings is 1. The van der Waals surface area contributed by atoms with Gasteiger partial charge in [-0.15, -0.1) is 0 Å². The van der Waals surface area contributed by atoms with Gasteiger partial charge in [0, 0.05) is 17.1 Å². The van der Waals surface area contributed by atoms with Gasteiger partial charge in [-0.1, -0.05) is 19.3 Å². The summed E-state index contributed by atoms with van der Waals surface area (Å²) < 4.78 is 0. The Morgan fingerprint density at radius 1 is 1.62 bits per heavy atom. The van der Waals surface area contributed by atoms with Crippen molar-refractivity contribution in [1.29, 1.82) is 0 Å². The van der Waals surface area contributed by atoms with Gasteiger partial charge in [-0.3, -0.25) is 0 Å². The lowest BCUT2D eigenvalue weighted by molar-refractivity contribution is 0.286. The fraction of sp³-hybridized carbons (Fsp3) is 0.636. The Bertz CT molecular complexity index is 239. The highest BCUT2D eigenvalue weighted by Gasteiger charge is 2.19. The zero-order valence-electron chi connectivity index (χ0n) is 8.12. The molecule has 1 aliphatic rings. The van der Waals surface area contributed by atoms with Crippen LogP contribution in [0.5, 0.6) is 0 Å². The lowest BCUT2D eigenvalue weighted by Crippen LogP contribution is -2.22. The maximum Gasteiger partial charge on any atom is 0.0450 e. The summed E-state index contributed by atoms with van der Waals surface area (Å²) in [7, 11) is 0. The van der Waals surface area contributed by atoms with E-state index < -0.39 is 0 Å². The maximum absolute atomic E-state index is 3.53. The molecule has 1 atom stereocenters. The van der Waals surface area contributed by atoms with Crippen molar-refractivity contribution in [1.82, 2.24) is 0 Å². The van der Waals surface area contributed by atoms with Crippen molar-refractivity contribution in [2.24, 2.45) is 5.92 Å². The van der Waals surface area contributed by atoms with E-state index in [2.05, 4.69) is 29.1 Å². The number of nitrogens with one attached hydrogen (secondary N) is 1. The molecule has 1 aromatic rings. The quantitative estimate of drug-likeness (QED) is 0.771. The van der Waals surface area contributed by atoms with Crippen LogP contribution in [0.1, 0.15) is 32.6 Å². The maximum atomic E-state index is 3.53. The van der Waals surface area contributed by atoms with Crippen molar-refractivity contribution in [3.63, 3.8) is 0 Å². The normalized spacial score (nSPS) is 19.5. The Hall–Kier alpha value is -0.500. The summed E-state index contributed by atoms with van der Waals surface area (Å²) in [6.45, 7) is 2.29. The minimum atomic E-state index is 0.639. The third-order valence-corrected chi connectivity index (χ3v) is 3.53. The molecule has 2 heteroatoms. The first-order valence-electron chi connectivity index (χ1n) is 5.13. The molecule has 1 aliphatic carbocycles. The van der Waals surface area contributed by atoms with E-state index in [4.69, 9.17) is 0 Å². The van der Waals surface area contributed by atoms with Crippen LogP contribution >= 0.6 is 11.3 Å². The predicted octanol–water partition coefficient (Wildman–Crippen LogP) is 3.74. The average molecular weight is 195 g/mol. The zero-order chi connectivity index (χ0) is 9.10. The van der Waals surface area contributed by atoms with Gasteiger partial charge in [0.05, 0.1) is 0 Å². The second-order valence-electron chi connectivity index (χ2n) is 4.09. The molecule has 72 valence electrons. The smallest absolute Gasteiger partial charge is 0.0450 e. The molecule has 1 unspecified atom stereocenters. The van der Waals surface area contributed by atoms with Crippen LogP contribution in [-0.2, 0) is 0 Å². The Labute approximate surface area is 84.2 Å². The fourth-order valence-electron chi connectivity index (χ4n) is 1.92. The van der Waals surface area contributed by atoms with Crippen LogP contribution < -0.4 is 5.32 Å². The molecule has 0 saturated heterocycles. The van der Waals surface area contributed by atoms with Crippen LogP contribution in [0.4, 0.5) is 5.69 Å². The van der Waals surface area contributed by atoms with Gasteiger partial charge in [0.1, 0.15) is 0 Å². The van der Waals surface area contributed by atoms with E-state index >= 15 is 0 Å². The van der Waals surface area contributed by atoms with E-state index in [0.29, 0.717) is 6.04 Å². The van der Waals surface area contributed by atoms with Crippen molar-refractivity contribution >= 4 is 17.0 Å². The minimum absolute atomic E-state index is 0.639. The molecule has 1 saturated carbocycles. The van der Waals surface area contributed by atoms with Gasteiger partial charge in [0.25, 0.3) is 0 Å². The van der Waals surface area contributed by atoms with Gasteiger partial charge in [-0.05, 0) is 30.7 Å². The standard InChI is InChI=1S/C11H17NS/c1-9(7-10-3-2-4-10)12-11-5-6-13-8-11/h5-6,8-10,12H,2-4,7H2,1H3. The SMILES string of the molecule is CC(CC1CCC1)Nc1ccsc1. The van der Waals surface area contributed by atoms with E-state index in [0.717, 1.165) is 5.92 Å². The highest BCUT2D eigenvalue weighted by atomic mass is 32.1. The van der Waals surface area contributed by atoms with E-state index in [1.807, 2.05) is 0 Å². The van der Waals surface area contributed by atoms with Crippen LogP contribution in [-0.4, -0.2) is 6.04 Å². The second-order valence-corrected chi connectivity index (χ2v) is 4.87. The van der Waals surface area contributed by atoms with Gasteiger partial charge >= 0.3 is 0 Å². The summed E-state index contributed by atoms with van der Waals surface area (Å²) in [5.41, 5.74) is 1.29. The number of hydrogen-bond acceptors (Lipinski definition) is 2. The van der Waals surface area contributed by atoms with Crippen molar-refractivity contribution in [2.75, 3.05) is 5.32 Å². The van der Waals surface area contributed by atoms with Crippen molar-refractivity contribution in [3.05, 3.63) is 16.8 Å². The van der Waals surface area contributed by atoms with Gasteiger partial charge < -0.3 is 5.32 Å². The molecular weight excluding hydrogens is 178 g/mol. The van der Waals surface area contributed by atoms with Crippen molar-refractivity contribution in [3.8, 4) is 0 Å². The molecule has 1 heterocycles. The van der Waals surface area contributed by atoms with Crippen LogP contribution in [0.25, 0.3) is 0 Å². The molecule has 1 nitrogen and oxygen atoms in total. The summed E-state index contributed by atoms with van der Waals surface area (Å²) in [4.78, 5) is 0. The Morgan fingerprint density at radius 3 is 3.00 bits per heavy atom. The monoisotopic (exact) mass is 195 g/mol. The molecule has 0 spiro atoms. The summed E-state index contributed by atoms with van der Waals surface area (Å²) in [6.07, 6.45) is 5.71. The Morgan fingerprint density at radius 2 is 2.46 bits per heavy atom. The largest absolute Gasteiger partial charge is 0.382 e. The third-order valence-electron chi connectivity index (χ3n) is 2.85. The minimum Gasteiger partial charge on any atom is -0.382 e. The van der Waals surface area contributed by atoms with Gasteiger partial charge in [0.15, 0.2) is 0 Å².